The molecule has 1 aliphatic heterocycles. The van der Waals surface area contributed by atoms with Gasteiger partial charge in [0.2, 0.25) is 0 Å². The molecule has 0 bridgehead atoms. The van der Waals surface area contributed by atoms with Crippen molar-refractivity contribution in [2.24, 2.45) is 0 Å². The highest BCUT2D eigenvalue weighted by Crippen LogP contribution is 2.32. The van der Waals surface area contributed by atoms with Gasteiger partial charge in [0.25, 0.3) is 5.91 Å². The van der Waals surface area contributed by atoms with Crippen LogP contribution in [0.25, 0.3) is 0 Å². The number of carbonyl (C=O) groups excluding carboxylic acids is 1. The lowest BCUT2D eigenvalue weighted by Crippen LogP contribution is -2.36. The first-order valence-electron chi connectivity index (χ1n) is 6.70. The molecule has 0 saturated heterocycles. The van der Waals surface area contributed by atoms with Crippen LogP contribution in [0.5, 0.6) is 0 Å². The van der Waals surface area contributed by atoms with Gasteiger partial charge in [-0.15, -0.1) is 0 Å². The summed E-state index contributed by atoms with van der Waals surface area (Å²) in [5.74, 6) is -1.41. The summed E-state index contributed by atoms with van der Waals surface area (Å²) in [4.78, 5) is 29.3. The summed E-state index contributed by atoms with van der Waals surface area (Å²) in [7, 11) is 0. The van der Waals surface area contributed by atoms with Crippen LogP contribution in [0.1, 0.15) is 33.5 Å². The van der Waals surface area contributed by atoms with Crippen LogP contribution in [0, 0.1) is 0 Å². The summed E-state index contributed by atoms with van der Waals surface area (Å²) >= 11 is 0. The topological polar surface area (TPSA) is 70.5 Å². The van der Waals surface area contributed by atoms with Gasteiger partial charge in [-0.3, -0.25) is 4.79 Å². The van der Waals surface area contributed by atoms with E-state index < -0.39 is 5.97 Å². The molecular formula is C16H14N2O3. The molecule has 1 aliphatic rings. The number of rotatable bonds is 2. The van der Waals surface area contributed by atoms with Gasteiger partial charge in [-0.2, -0.15) is 0 Å². The molecule has 0 fully saturated rings. The average molecular weight is 282 g/mol. The van der Waals surface area contributed by atoms with Crippen molar-refractivity contribution in [1.82, 2.24) is 4.98 Å². The molecule has 0 radical (unpaired) electrons. The zero-order valence-corrected chi connectivity index (χ0v) is 11.5. The fourth-order valence-electron chi connectivity index (χ4n) is 2.67. The lowest BCUT2D eigenvalue weighted by atomic mass is 10.1. The van der Waals surface area contributed by atoms with Crippen molar-refractivity contribution in [3.8, 4) is 0 Å². The fraction of sp³-hybridized carbons (Fsp3) is 0.188. The Hall–Kier alpha value is -2.69. The molecule has 5 heteroatoms. The van der Waals surface area contributed by atoms with Crippen molar-refractivity contribution in [3.63, 3.8) is 0 Å². The van der Waals surface area contributed by atoms with E-state index in [0.717, 1.165) is 17.7 Å². The second-order valence-corrected chi connectivity index (χ2v) is 5.07. The zero-order chi connectivity index (χ0) is 15.0. The number of fused-ring (bicyclic) bond motifs is 1. The first-order valence-corrected chi connectivity index (χ1v) is 6.70. The first kappa shape index (κ1) is 13.3. The van der Waals surface area contributed by atoms with E-state index in [-0.39, 0.29) is 23.3 Å². The third-order valence-electron chi connectivity index (χ3n) is 3.61. The molecule has 21 heavy (non-hydrogen) atoms. The van der Waals surface area contributed by atoms with Crippen LogP contribution in [0.2, 0.25) is 0 Å². The van der Waals surface area contributed by atoms with Crippen LogP contribution in [0.15, 0.2) is 42.5 Å². The third-order valence-corrected chi connectivity index (χ3v) is 3.61. The van der Waals surface area contributed by atoms with Gasteiger partial charge in [-0.1, -0.05) is 24.3 Å². The maximum Gasteiger partial charge on any atom is 0.354 e. The van der Waals surface area contributed by atoms with Crippen LogP contribution in [-0.4, -0.2) is 28.0 Å². The molecule has 2 heterocycles. The summed E-state index contributed by atoms with van der Waals surface area (Å²) in [5.41, 5.74) is 2.02. The van der Waals surface area contributed by atoms with E-state index in [4.69, 9.17) is 5.11 Å². The van der Waals surface area contributed by atoms with Crippen molar-refractivity contribution in [2.75, 3.05) is 4.90 Å². The molecule has 0 saturated carbocycles. The van der Waals surface area contributed by atoms with E-state index in [9.17, 15) is 9.59 Å². The molecule has 1 aromatic carbocycles. The molecule has 3 rings (SSSR count). The summed E-state index contributed by atoms with van der Waals surface area (Å²) in [6, 6.07) is 12.2. The van der Waals surface area contributed by atoms with Gasteiger partial charge in [0.05, 0.1) is 0 Å². The third kappa shape index (κ3) is 2.27. The lowest BCUT2D eigenvalue weighted by Gasteiger charge is -2.22. The molecule has 1 aromatic heterocycles. The lowest BCUT2D eigenvalue weighted by molar-refractivity contribution is 0.0690. The molecule has 2 aromatic rings. The Bertz CT molecular complexity index is 727. The molecule has 1 unspecified atom stereocenters. The van der Waals surface area contributed by atoms with E-state index in [1.165, 1.54) is 12.1 Å². The summed E-state index contributed by atoms with van der Waals surface area (Å²) in [5, 5.41) is 8.98. The molecule has 1 atom stereocenters. The molecule has 1 N–H and O–H groups in total. The van der Waals surface area contributed by atoms with E-state index in [1.54, 1.807) is 11.0 Å². The van der Waals surface area contributed by atoms with Crippen LogP contribution in [0.3, 0.4) is 0 Å². The van der Waals surface area contributed by atoms with Crippen molar-refractivity contribution < 1.29 is 14.7 Å². The Kier molecular flexibility index (Phi) is 3.17. The zero-order valence-electron chi connectivity index (χ0n) is 11.5. The number of pyridine rings is 1. The number of aromatic carboxylic acids is 1. The van der Waals surface area contributed by atoms with Gasteiger partial charge in [0.1, 0.15) is 11.4 Å². The van der Waals surface area contributed by atoms with Crippen molar-refractivity contribution in [2.45, 2.75) is 19.4 Å². The van der Waals surface area contributed by atoms with Gasteiger partial charge in [0, 0.05) is 11.7 Å². The molecule has 0 spiro atoms. The second kappa shape index (κ2) is 5.01. The molecule has 106 valence electrons. The Morgan fingerprint density at radius 3 is 2.62 bits per heavy atom. The summed E-state index contributed by atoms with van der Waals surface area (Å²) < 4.78 is 0. The van der Waals surface area contributed by atoms with E-state index in [0.29, 0.717) is 0 Å². The standard InChI is InChI=1S/C16H14N2O3/c1-10-9-11-5-2-3-8-14(11)18(10)15(19)12-6-4-7-13(17-12)16(20)21/h2-8,10H,9H2,1H3,(H,20,21). The fourth-order valence-corrected chi connectivity index (χ4v) is 2.67. The summed E-state index contributed by atoms with van der Waals surface area (Å²) in [6.07, 6.45) is 0.792. The van der Waals surface area contributed by atoms with Gasteiger partial charge in [0.15, 0.2) is 0 Å². The highest BCUT2D eigenvalue weighted by molar-refractivity contribution is 6.07. The first-order chi connectivity index (χ1) is 10.1. The van der Waals surface area contributed by atoms with Crippen LogP contribution >= 0.6 is 0 Å². The van der Waals surface area contributed by atoms with Gasteiger partial charge in [-0.05, 0) is 37.1 Å². The number of nitrogens with zero attached hydrogens (tertiary/aromatic N) is 2. The van der Waals surface area contributed by atoms with E-state index >= 15 is 0 Å². The Morgan fingerprint density at radius 1 is 1.14 bits per heavy atom. The van der Waals surface area contributed by atoms with E-state index in [2.05, 4.69) is 4.98 Å². The predicted molar refractivity (Wildman–Crippen MR) is 77.6 cm³/mol. The smallest absolute Gasteiger partial charge is 0.354 e. The van der Waals surface area contributed by atoms with Crippen LogP contribution < -0.4 is 4.90 Å². The number of carboxylic acids is 1. The normalized spacial score (nSPS) is 16.6. The number of hydrogen-bond acceptors (Lipinski definition) is 3. The molecular weight excluding hydrogens is 268 g/mol. The number of amides is 1. The number of hydrogen-bond donors (Lipinski definition) is 1. The van der Waals surface area contributed by atoms with Crippen LogP contribution in [0.4, 0.5) is 5.69 Å². The average Bonchev–Trinajstić information content (AvgIpc) is 2.82. The monoisotopic (exact) mass is 282 g/mol. The maximum absolute atomic E-state index is 12.7. The molecule has 5 nitrogen and oxygen atoms in total. The number of aromatic nitrogens is 1. The van der Waals surface area contributed by atoms with Crippen LogP contribution in [-0.2, 0) is 6.42 Å². The van der Waals surface area contributed by atoms with Gasteiger partial charge < -0.3 is 10.0 Å². The highest BCUT2D eigenvalue weighted by atomic mass is 16.4. The Labute approximate surface area is 121 Å². The maximum atomic E-state index is 12.7. The van der Waals surface area contributed by atoms with Gasteiger partial charge in [-0.25, -0.2) is 9.78 Å². The minimum Gasteiger partial charge on any atom is -0.477 e. The predicted octanol–water partition coefficient (Wildman–Crippen LogP) is 2.37. The highest BCUT2D eigenvalue weighted by Gasteiger charge is 2.31. The Balaban J connectivity index is 1.99. The largest absolute Gasteiger partial charge is 0.477 e. The van der Waals surface area contributed by atoms with E-state index in [1.807, 2.05) is 31.2 Å². The Morgan fingerprint density at radius 2 is 1.86 bits per heavy atom. The second-order valence-electron chi connectivity index (χ2n) is 5.07. The van der Waals surface area contributed by atoms with Crippen molar-refractivity contribution in [3.05, 3.63) is 59.4 Å². The molecule has 1 amide bonds. The minimum atomic E-state index is -1.14. The summed E-state index contributed by atoms with van der Waals surface area (Å²) in [6.45, 7) is 1.97. The molecule has 0 aliphatic carbocycles. The SMILES string of the molecule is CC1Cc2ccccc2N1C(=O)c1cccc(C(=O)O)n1. The number of carboxylic acid groups (broad SMARTS) is 1. The number of carbonyl (C=O) groups is 2. The quantitative estimate of drug-likeness (QED) is 0.918. The van der Waals surface area contributed by atoms with Gasteiger partial charge >= 0.3 is 5.97 Å². The number of benzene rings is 1. The minimum absolute atomic E-state index is 0.0326. The van der Waals surface area contributed by atoms with Crippen molar-refractivity contribution in [1.29, 1.82) is 0 Å². The number of anilines is 1. The number of para-hydroxylation sites is 1. The van der Waals surface area contributed by atoms with Crippen molar-refractivity contribution >= 4 is 17.6 Å².